The Kier molecular flexibility index (Phi) is 5.08. The fourth-order valence-electron chi connectivity index (χ4n) is 2.08. The zero-order valence-electron chi connectivity index (χ0n) is 12.7. The van der Waals surface area contributed by atoms with Crippen LogP contribution in [0.5, 0.6) is 0 Å². The Hall–Kier alpha value is -2.86. The lowest BCUT2D eigenvalue weighted by Gasteiger charge is -2.05. The molecule has 0 bridgehead atoms. The van der Waals surface area contributed by atoms with Gasteiger partial charge in [-0.3, -0.25) is 0 Å². The molecule has 0 unspecified atom stereocenters. The van der Waals surface area contributed by atoms with Gasteiger partial charge in [0.05, 0.1) is 6.20 Å². The van der Waals surface area contributed by atoms with Gasteiger partial charge in [-0.25, -0.2) is 14.3 Å². The number of halogens is 1. The van der Waals surface area contributed by atoms with Crippen molar-refractivity contribution in [2.45, 2.75) is 6.61 Å². The third-order valence-corrected chi connectivity index (χ3v) is 3.45. The molecular formula is C17H15ClN4O2. The number of rotatable bonds is 5. The van der Waals surface area contributed by atoms with Gasteiger partial charge in [0.15, 0.2) is 5.65 Å². The standard InChI is InChI=1S/C17H15ClN4O2/c18-15-8-10-22-16(21-15)14(11-20-22)7-4-9-19-17(23)24-12-13-5-2-1-3-6-13/h1-8,10-11H,9,12H2,(H,19,23). The average molecular weight is 343 g/mol. The predicted octanol–water partition coefficient (Wildman–Crippen LogP) is 3.32. The van der Waals surface area contributed by atoms with E-state index < -0.39 is 6.09 Å². The van der Waals surface area contributed by atoms with Gasteiger partial charge in [0.1, 0.15) is 11.8 Å². The van der Waals surface area contributed by atoms with Gasteiger partial charge < -0.3 is 10.1 Å². The van der Waals surface area contributed by atoms with E-state index in [1.165, 1.54) is 0 Å². The molecule has 0 fully saturated rings. The van der Waals surface area contributed by atoms with Crippen molar-refractivity contribution in [2.24, 2.45) is 0 Å². The minimum absolute atomic E-state index is 0.243. The molecule has 0 atom stereocenters. The Morgan fingerprint density at radius 1 is 1.29 bits per heavy atom. The SMILES string of the molecule is O=C(NCC=Cc1cnn2ccc(Cl)nc12)OCc1ccccc1. The van der Waals surface area contributed by atoms with Gasteiger partial charge in [0.2, 0.25) is 0 Å². The molecule has 2 heterocycles. The van der Waals surface area contributed by atoms with Crippen molar-refractivity contribution >= 4 is 29.4 Å². The number of ether oxygens (including phenoxy) is 1. The van der Waals surface area contributed by atoms with Gasteiger partial charge >= 0.3 is 6.09 Å². The Labute approximate surface area is 143 Å². The van der Waals surface area contributed by atoms with Gasteiger partial charge in [0.25, 0.3) is 0 Å². The van der Waals surface area contributed by atoms with E-state index in [2.05, 4.69) is 15.4 Å². The van der Waals surface area contributed by atoms with E-state index in [9.17, 15) is 4.79 Å². The maximum atomic E-state index is 11.6. The molecule has 0 saturated heterocycles. The number of aromatic nitrogens is 3. The average Bonchev–Trinajstić information content (AvgIpc) is 3.00. The third-order valence-electron chi connectivity index (χ3n) is 3.24. The molecule has 7 heteroatoms. The lowest BCUT2D eigenvalue weighted by Crippen LogP contribution is -2.24. The minimum atomic E-state index is -0.468. The normalized spacial score (nSPS) is 11.0. The molecule has 6 nitrogen and oxygen atoms in total. The molecule has 3 rings (SSSR count). The number of alkyl carbamates (subject to hydrolysis) is 1. The topological polar surface area (TPSA) is 68.5 Å². The van der Waals surface area contributed by atoms with Crippen molar-refractivity contribution in [1.29, 1.82) is 0 Å². The first-order valence-corrected chi connectivity index (χ1v) is 7.71. The smallest absolute Gasteiger partial charge is 0.407 e. The molecule has 1 amide bonds. The van der Waals surface area contributed by atoms with Gasteiger partial charge in [-0.1, -0.05) is 54.1 Å². The van der Waals surface area contributed by atoms with Gasteiger partial charge in [-0.2, -0.15) is 5.10 Å². The second-order valence-corrected chi connectivity index (χ2v) is 5.35. The summed E-state index contributed by atoms with van der Waals surface area (Å²) in [7, 11) is 0. The summed E-state index contributed by atoms with van der Waals surface area (Å²) in [4.78, 5) is 15.8. The van der Waals surface area contributed by atoms with Crippen molar-refractivity contribution in [1.82, 2.24) is 19.9 Å². The van der Waals surface area contributed by atoms with E-state index in [-0.39, 0.29) is 6.61 Å². The van der Waals surface area contributed by atoms with Crippen LogP contribution >= 0.6 is 11.6 Å². The van der Waals surface area contributed by atoms with Crippen molar-refractivity contribution < 1.29 is 9.53 Å². The molecule has 3 aromatic rings. The van der Waals surface area contributed by atoms with Gasteiger partial charge in [-0.15, -0.1) is 0 Å². The van der Waals surface area contributed by atoms with E-state index in [1.54, 1.807) is 29.1 Å². The number of hydrogen-bond acceptors (Lipinski definition) is 4. The van der Waals surface area contributed by atoms with Crippen molar-refractivity contribution in [3.63, 3.8) is 0 Å². The van der Waals surface area contributed by atoms with Crippen LogP contribution in [0.2, 0.25) is 5.15 Å². The molecular weight excluding hydrogens is 328 g/mol. The van der Waals surface area contributed by atoms with E-state index in [4.69, 9.17) is 16.3 Å². The Morgan fingerprint density at radius 2 is 2.12 bits per heavy atom. The fourth-order valence-corrected chi connectivity index (χ4v) is 2.22. The largest absolute Gasteiger partial charge is 0.445 e. The Balaban J connectivity index is 1.49. The number of nitrogens with one attached hydrogen (secondary N) is 1. The van der Waals surface area contributed by atoms with Crippen LogP contribution in [0, 0.1) is 0 Å². The number of carbonyl (C=O) groups is 1. The van der Waals surface area contributed by atoms with E-state index in [1.807, 2.05) is 36.4 Å². The number of benzene rings is 1. The van der Waals surface area contributed by atoms with Crippen molar-refractivity contribution in [3.8, 4) is 0 Å². The molecule has 0 spiro atoms. The van der Waals surface area contributed by atoms with E-state index >= 15 is 0 Å². The summed E-state index contributed by atoms with van der Waals surface area (Å²) in [6, 6.07) is 11.2. The predicted molar refractivity (Wildman–Crippen MR) is 91.7 cm³/mol. The number of fused-ring (bicyclic) bond motifs is 1. The summed E-state index contributed by atoms with van der Waals surface area (Å²) in [5.41, 5.74) is 2.42. The lowest BCUT2D eigenvalue weighted by atomic mass is 10.2. The highest BCUT2D eigenvalue weighted by Crippen LogP contribution is 2.12. The zero-order valence-corrected chi connectivity index (χ0v) is 13.5. The first kappa shape index (κ1) is 16.0. The number of hydrogen-bond donors (Lipinski definition) is 1. The summed E-state index contributed by atoms with van der Waals surface area (Å²) >= 11 is 5.89. The number of nitrogens with zero attached hydrogens (tertiary/aromatic N) is 3. The molecule has 0 saturated carbocycles. The maximum Gasteiger partial charge on any atom is 0.407 e. The maximum absolute atomic E-state index is 11.6. The quantitative estimate of drug-likeness (QED) is 0.722. The minimum Gasteiger partial charge on any atom is -0.445 e. The second kappa shape index (κ2) is 7.61. The van der Waals surface area contributed by atoms with Crippen LogP contribution in [-0.4, -0.2) is 27.2 Å². The van der Waals surface area contributed by atoms with Crippen LogP contribution in [0.25, 0.3) is 11.7 Å². The van der Waals surface area contributed by atoms with Crippen LogP contribution in [0.15, 0.2) is 54.9 Å². The molecule has 1 aromatic carbocycles. The first-order chi connectivity index (χ1) is 11.7. The molecule has 0 aliphatic rings. The zero-order chi connectivity index (χ0) is 16.8. The number of carbonyl (C=O) groups excluding carboxylic acids is 1. The van der Waals surface area contributed by atoms with E-state index in [0.717, 1.165) is 11.1 Å². The monoisotopic (exact) mass is 342 g/mol. The highest BCUT2D eigenvalue weighted by atomic mass is 35.5. The molecule has 24 heavy (non-hydrogen) atoms. The van der Waals surface area contributed by atoms with Gasteiger partial charge in [-0.05, 0) is 11.6 Å². The summed E-state index contributed by atoms with van der Waals surface area (Å²) < 4.78 is 6.75. The summed E-state index contributed by atoms with van der Waals surface area (Å²) in [6.07, 6.45) is 6.57. The van der Waals surface area contributed by atoms with Crippen molar-refractivity contribution in [3.05, 3.63) is 71.1 Å². The Morgan fingerprint density at radius 3 is 2.96 bits per heavy atom. The summed E-state index contributed by atoms with van der Waals surface area (Å²) in [5.74, 6) is 0. The summed E-state index contributed by atoms with van der Waals surface area (Å²) in [6.45, 7) is 0.582. The van der Waals surface area contributed by atoms with E-state index in [0.29, 0.717) is 17.3 Å². The molecule has 2 aromatic heterocycles. The van der Waals surface area contributed by atoms with Crippen LogP contribution in [-0.2, 0) is 11.3 Å². The van der Waals surface area contributed by atoms with Crippen LogP contribution in [0.4, 0.5) is 4.79 Å². The van der Waals surface area contributed by atoms with Crippen LogP contribution in [0.3, 0.4) is 0 Å². The molecule has 0 radical (unpaired) electrons. The highest BCUT2D eigenvalue weighted by Gasteiger charge is 2.03. The lowest BCUT2D eigenvalue weighted by molar-refractivity contribution is 0.141. The third kappa shape index (κ3) is 4.11. The van der Waals surface area contributed by atoms with Gasteiger partial charge in [0, 0.05) is 18.3 Å². The number of amides is 1. The first-order valence-electron chi connectivity index (χ1n) is 7.33. The molecule has 0 aliphatic heterocycles. The Bertz CT molecular complexity index is 861. The fraction of sp³-hybridized carbons (Fsp3) is 0.118. The van der Waals surface area contributed by atoms with Crippen molar-refractivity contribution in [2.75, 3.05) is 6.54 Å². The summed E-state index contributed by atoms with van der Waals surface area (Å²) in [5, 5.41) is 7.23. The molecule has 122 valence electrons. The molecule has 1 N–H and O–H groups in total. The molecule has 0 aliphatic carbocycles. The van der Waals surface area contributed by atoms with Crippen LogP contribution in [0.1, 0.15) is 11.1 Å². The van der Waals surface area contributed by atoms with Crippen LogP contribution < -0.4 is 5.32 Å². The highest BCUT2D eigenvalue weighted by molar-refractivity contribution is 6.29. The second-order valence-electron chi connectivity index (χ2n) is 4.96.